The molecule has 1 aromatic heterocycles. The van der Waals surface area contributed by atoms with Gasteiger partial charge in [0.1, 0.15) is 12.4 Å². The number of rotatable bonds is 8. The molecule has 2 aromatic rings. The number of benzene rings is 1. The van der Waals surface area contributed by atoms with Crippen molar-refractivity contribution >= 4 is 35.0 Å². The Morgan fingerprint density at radius 3 is 2.28 bits per heavy atom. The van der Waals surface area contributed by atoms with Crippen molar-refractivity contribution < 1.29 is 19.1 Å². The molecule has 0 unspecified atom stereocenters. The minimum absolute atomic E-state index is 0.0159. The van der Waals surface area contributed by atoms with E-state index >= 15 is 0 Å². The van der Waals surface area contributed by atoms with E-state index in [0.717, 1.165) is 18.9 Å². The quantitative estimate of drug-likeness (QED) is 0.573. The van der Waals surface area contributed by atoms with Gasteiger partial charge < -0.3 is 30.5 Å². The number of ether oxygens (including phenoxy) is 1. The molecule has 0 spiro atoms. The maximum absolute atomic E-state index is 12.4. The minimum Gasteiger partial charge on any atom is -0.375 e. The Labute approximate surface area is 186 Å². The number of hydrogen-bond acceptors (Lipinski definition) is 6. The Morgan fingerprint density at radius 1 is 0.969 bits per heavy atom. The molecule has 1 fully saturated rings. The summed E-state index contributed by atoms with van der Waals surface area (Å²) in [7, 11) is 1.45. The van der Waals surface area contributed by atoms with Crippen LogP contribution in [0.3, 0.4) is 0 Å². The van der Waals surface area contributed by atoms with Crippen molar-refractivity contribution in [2.75, 3.05) is 62.0 Å². The van der Waals surface area contributed by atoms with Gasteiger partial charge in [-0.1, -0.05) is 6.07 Å². The van der Waals surface area contributed by atoms with Gasteiger partial charge in [0, 0.05) is 63.8 Å². The summed E-state index contributed by atoms with van der Waals surface area (Å²) in [5.41, 5.74) is 1.18. The van der Waals surface area contributed by atoms with Crippen LogP contribution in [0.4, 0.5) is 22.0 Å². The number of carbonyl (C=O) groups excluding carboxylic acids is 3. The van der Waals surface area contributed by atoms with Crippen molar-refractivity contribution in [3.8, 4) is 0 Å². The zero-order chi connectivity index (χ0) is 22.8. The van der Waals surface area contributed by atoms with Crippen LogP contribution in [-0.4, -0.2) is 74.2 Å². The van der Waals surface area contributed by atoms with E-state index in [1.54, 1.807) is 30.5 Å². The SMILES string of the molecule is COCC(=O)Nc1ccc(NC(=O)NCCC(=O)N2CCN(c3ccccn3)CC2)cc1. The molecule has 1 aliphatic heterocycles. The van der Waals surface area contributed by atoms with E-state index in [-0.39, 0.29) is 31.4 Å². The number of nitrogens with one attached hydrogen (secondary N) is 3. The van der Waals surface area contributed by atoms with E-state index < -0.39 is 6.03 Å². The van der Waals surface area contributed by atoms with E-state index in [1.807, 2.05) is 23.1 Å². The van der Waals surface area contributed by atoms with E-state index in [0.29, 0.717) is 24.5 Å². The van der Waals surface area contributed by atoms with E-state index in [2.05, 4.69) is 25.8 Å². The average Bonchev–Trinajstić information content (AvgIpc) is 2.81. The first kappa shape index (κ1) is 23.0. The monoisotopic (exact) mass is 440 g/mol. The van der Waals surface area contributed by atoms with Crippen LogP contribution in [0.1, 0.15) is 6.42 Å². The molecule has 10 heteroatoms. The van der Waals surface area contributed by atoms with Crippen molar-refractivity contribution in [1.29, 1.82) is 0 Å². The molecule has 3 rings (SSSR count). The molecule has 0 aliphatic carbocycles. The second kappa shape index (κ2) is 11.7. The topological polar surface area (TPSA) is 116 Å². The van der Waals surface area contributed by atoms with Crippen molar-refractivity contribution in [3.05, 3.63) is 48.7 Å². The number of aromatic nitrogens is 1. The first-order valence-electron chi connectivity index (χ1n) is 10.4. The van der Waals surface area contributed by atoms with Crippen LogP contribution in [0, 0.1) is 0 Å². The molecular weight excluding hydrogens is 412 g/mol. The smallest absolute Gasteiger partial charge is 0.319 e. The first-order chi connectivity index (χ1) is 15.5. The highest BCUT2D eigenvalue weighted by molar-refractivity contribution is 5.93. The number of amides is 4. The molecular formula is C22H28N6O4. The number of urea groups is 1. The number of hydrogen-bond donors (Lipinski definition) is 3. The lowest BCUT2D eigenvalue weighted by atomic mass is 10.2. The summed E-state index contributed by atoms with van der Waals surface area (Å²) in [6.45, 7) is 2.96. The Kier molecular flexibility index (Phi) is 8.38. The maximum Gasteiger partial charge on any atom is 0.319 e. The summed E-state index contributed by atoms with van der Waals surface area (Å²) in [5, 5.41) is 8.07. The third kappa shape index (κ3) is 6.95. The maximum atomic E-state index is 12.4. The van der Waals surface area contributed by atoms with Crippen molar-refractivity contribution in [3.63, 3.8) is 0 Å². The molecule has 3 N–H and O–H groups in total. The molecule has 1 aliphatic rings. The molecule has 32 heavy (non-hydrogen) atoms. The molecule has 0 saturated carbocycles. The van der Waals surface area contributed by atoms with Gasteiger partial charge in [-0.05, 0) is 36.4 Å². The molecule has 10 nitrogen and oxygen atoms in total. The molecule has 2 heterocycles. The fourth-order valence-electron chi connectivity index (χ4n) is 3.31. The second-order valence-electron chi connectivity index (χ2n) is 7.25. The number of pyridine rings is 1. The van der Waals surface area contributed by atoms with Gasteiger partial charge in [-0.3, -0.25) is 9.59 Å². The summed E-state index contributed by atoms with van der Waals surface area (Å²) in [6.07, 6.45) is 2.00. The zero-order valence-corrected chi connectivity index (χ0v) is 18.0. The predicted molar refractivity (Wildman–Crippen MR) is 122 cm³/mol. The lowest BCUT2D eigenvalue weighted by molar-refractivity contribution is -0.131. The van der Waals surface area contributed by atoms with Crippen LogP contribution in [0.25, 0.3) is 0 Å². The highest BCUT2D eigenvalue weighted by Crippen LogP contribution is 2.14. The number of carbonyl (C=O) groups is 3. The van der Waals surface area contributed by atoms with Gasteiger partial charge in [0.2, 0.25) is 11.8 Å². The van der Waals surface area contributed by atoms with Gasteiger partial charge >= 0.3 is 6.03 Å². The van der Waals surface area contributed by atoms with E-state index in [9.17, 15) is 14.4 Å². The van der Waals surface area contributed by atoms with Crippen LogP contribution in [-0.2, 0) is 14.3 Å². The Hall–Kier alpha value is -3.66. The minimum atomic E-state index is -0.395. The van der Waals surface area contributed by atoms with Crippen LogP contribution >= 0.6 is 0 Å². The third-order valence-corrected chi connectivity index (χ3v) is 4.93. The van der Waals surface area contributed by atoms with Crippen LogP contribution < -0.4 is 20.9 Å². The molecule has 4 amide bonds. The van der Waals surface area contributed by atoms with Crippen molar-refractivity contribution in [2.24, 2.45) is 0 Å². The molecule has 1 aromatic carbocycles. The fraction of sp³-hybridized carbons (Fsp3) is 0.364. The zero-order valence-electron chi connectivity index (χ0n) is 18.0. The number of methoxy groups -OCH3 is 1. The Bertz CT molecular complexity index is 898. The van der Waals surface area contributed by atoms with Crippen molar-refractivity contribution in [1.82, 2.24) is 15.2 Å². The Balaban J connectivity index is 1.34. The van der Waals surface area contributed by atoms with Crippen LogP contribution in [0.5, 0.6) is 0 Å². The largest absolute Gasteiger partial charge is 0.375 e. The fourth-order valence-corrected chi connectivity index (χ4v) is 3.31. The normalized spacial score (nSPS) is 13.4. The van der Waals surface area contributed by atoms with E-state index in [4.69, 9.17) is 4.74 Å². The van der Waals surface area contributed by atoms with Gasteiger partial charge in [0.25, 0.3) is 0 Å². The second-order valence-corrected chi connectivity index (χ2v) is 7.25. The summed E-state index contributed by atoms with van der Waals surface area (Å²) in [4.78, 5) is 44.3. The predicted octanol–water partition coefficient (Wildman–Crippen LogP) is 1.53. The van der Waals surface area contributed by atoms with Gasteiger partial charge in [-0.2, -0.15) is 0 Å². The lowest BCUT2D eigenvalue weighted by Gasteiger charge is -2.35. The van der Waals surface area contributed by atoms with Crippen molar-refractivity contribution in [2.45, 2.75) is 6.42 Å². The third-order valence-electron chi connectivity index (χ3n) is 4.93. The molecule has 0 bridgehead atoms. The van der Waals surface area contributed by atoms with Gasteiger partial charge in [0.15, 0.2) is 0 Å². The Morgan fingerprint density at radius 2 is 1.66 bits per heavy atom. The number of nitrogens with zero attached hydrogens (tertiary/aromatic N) is 3. The molecule has 170 valence electrons. The molecule has 1 saturated heterocycles. The molecule has 0 atom stereocenters. The highest BCUT2D eigenvalue weighted by atomic mass is 16.5. The highest BCUT2D eigenvalue weighted by Gasteiger charge is 2.21. The summed E-state index contributed by atoms with van der Waals surface area (Å²) in [6, 6.07) is 12.1. The molecule has 0 radical (unpaired) electrons. The summed E-state index contributed by atoms with van der Waals surface area (Å²) in [5.74, 6) is 0.680. The van der Waals surface area contributed by atoms with Gasteiger partial charge in [-0.25, -0.2) is 9.78 Å². The first-order valence-corrected chi connectivity index (χ1v) is 10.4. The van der Waals surface area contributed by atoms with Crippen LogP contribution in [0.2, 0.25) is 0 Å². The van der Waals surface area contributed by atoms with Crippen LogP contribution in [0.15, 0.2) is 48.7 Å². The number of anilines is 3. The standard InChI is InChI=1S/C22H28N6O4/c1-32-16-20(29)25-17-5-7-18(8-6-17)26-22(31)24-11-9-21(30)28-14-12-27(13-15-28)19-4-2-3-10-23-19/h2-8,10H,9,11-16H2,1H3,(H,25,29)(H2,24,26,31). The number of piperazine rings is 1. The van der Waals surface area contributed by atoms with Gasteiger partial charge in [0.05, 0.1) is 0 Å². The average molecular weight is 441 g/mol. The lowest BCUT2D eigenvalue weighted by Crippen LogP contribution is -2.49. The van der Waals surface area contributed by atoms with E-state index in [1.165, 1.54) is 7.11 Å². The van der Waals surface area contributed by atoms with Gasteiger partial charge in [-0.15, -0.1) is 0 Å². The summed E-state index contributed by atoms with van der Waals surface area (Å²) >= 11 is 0. The summed E-state index contributed by atoms with van der Waals surface area (Å²) < 4.78 is 4.76.